The minimum atomic E-state index is -4.52. The van der Waals surface area contributed by atoms with Gasteiger partial charge in [-0.3, -0.25) is 14.8 Å². The Labute approximate surface area is 98.0 Å². The first-order chi connectivity index (χ1) is 8.45. The molecular weight excluding hydrogens is 253 g/mol. The topological polar surface area (TPSA) is 88.5 Å². The summed E-state index contributed by atoms with van der Waals surface area (Å²) in [6.45, 7) is -0.350. The Balaban J connectivity index is 1.97. The van der Waals surface area contributed by atoms with Crippen LogP contribution >= 0.6 is 0 Å². The summed E-state index contributed by atoms with van der Waals surface area (Å²) in [5.74, 6) is -0.452. The molecule has 0 aliphatic heterocycles. The third-order valence-electron chi connectivity index (χ3n) is 1.91. The lowest BCUT2D eigenvalue weighted by Crippen LogP contribution is -2.20. The van der Waals surface area contributed by atoms with Crippen molar-refractivity contribution in [1.29, 1.82) is 0 Å². The standard InChI is InChI=1S/C8H7F3N6O/c9-8(10,11)5-1-2-17(16-5)3-6(18)14-7-12-4-13-15-7/h1-2,4H,3H2,(H2,12,13,14,15,18). The van der Waals surface area contributed by atoms with Gasteiger partial charge in [-0.1, -0.05) is 0 Å². The van der Waals surface area contributed by atoms with E-state index < -0.39 is 17.8 Å². The Hall–Kier alpha value is -2.39. The number of carbonyl (C=O) groups excluding carboxylic acids is 1. The highest BCUT2D eigenvalue weighted by Gasteiger charge is 2.33. The van der Waals surface area contributed by atoms with Crippen molar-refractivity contribution in [3.8, 4) is 0 Å². The number of carbonyl (C=O) groups is 1. The van der Waals surface area contributed by atoms with Gasteiger partial charge in [-0.2, -0.15) is 28.4 Å². The van der Waals surface area contributed by atoms with E-state index in [-0.39, 0.29) is 12.5 Å². The number of rotatable bonds is 3. The molecule has 0 bridgehead atoms. The van der Waals surface area contributed by atoms with Crippen molar-refractivity contribution < 1.29 is 18.0 Å². The summed E-state index contributed by atoms with van der Waals surface area (Å²) in [5, 5.41) is 11.4. The second-order valence-electron chi connectivity index (χ2n) is 3.28. The molecule has 2 rings (SSSR count). The maximum absolute atomic E-state index is 12.2. The third kappa shape index (κ3) is 2.84. The molecule has 0 radical (unpaired) electrons. The van der Waals surface area contributed by atoms with Crippen LogP contribution in [0.1, 0.15) is 5.69 Å². The van der Waals surface area contributed by atoms with Crippen LogP contribution in [0.15, 0.2) is 18.6 Å². The molecule has 1 amide bonds. The van der Waals surface area contributed by atoms with Crippen molar-refractivity contribution in [2.75, 3.05) is 5.32 Å². The van der Waals surface area contributed by atoms with Crippen molar-refractivity contribution in [2.45, 2.75) is 12.7 Å². The van der Waals surface area contributed by atoms with Crippen LogP contribution in [0.5, 0.6) is 0 Å². The molecule has 0 saturated carbocycles. The van der Waals surface area contributed by atoms with Crippen LogP contribution in [0.4, 0.5) is 19.1 Å². The number of anilines is 1. The Bertz CT molecular complexity index is 531. The van der Waals surface area contributed by atoms with E-state index in [9.17, 15) is 18.0 Å². The summed E-state index contributed by atoms with van der Waals surface area (Å²) < 4.78 is 37.6. The van der Waals surface area contributed by atoms with E-state index in [4.69, 9.17) is 0 Å². The van der Waals surface area contributed by atoms with Gasteiger partial charge in [0.1, 0.15) is 12.9 Å². The summed E-state index contributed by atoms with van der Waals surface area (Å²) >= 11 is 0. The summed E-state index contributed by atoms with van der Waals surface area (Å²) in [5.41, 5.74) is -1.05. The van der Waals surface area contributed by atoms with E-state index in [1.165, 1.54) is 6.33 Å². The first kappa shape index (κ1) is 12.1. The van der Waals surface area contributed by atoms with Crippen molar-refractivity contribution in [1.82, 2.24) is 25.0 Å². The molecule has 18 heavy (non-hydrogen) atoms. The van der Waals surface area contributed by atoms with Crippen molar-refractivity contribution >= 4 is 11.9 Å². The molecule has 2 heterocycles. The van der Waals surface area contributed by atoms with Crippen LogP contribution in [0.3, 0.4) is 0 Å². The van der Waals surface area contributed by atoms with E-state index >= 15 is 0 Å². The summed E-state index contributed by atoms with van der Waals surface area (Å²) in [4.78, 5) is 15.0. The molecule has 0 atom stereocenters. The van der Waals surface area contributed by atoms with Gasteiger partial charge >= 0.3 is 6.18 Å². The first-order valence-corrected chi connectivity index (χ1v) is 4.71. The predicted molar refractivity (Wildman–Crippen MR) is 52.2 cm³/mol. The Morgan fingerprint density at radius 3 is 2.83 bits per heavy atom. The van der Waals surface area contributed by atoms with Crippen LogP contribution in [-0.4, -0.2) is 30.9 Å². The zero-order valence-electron chi connectivity index (χ0n) is 8.77. The predicted octanol–water partition coefficient (Wildman–Crippen LogP) is 0.659. The van der Waals surface area contributed by atoms with Gasteiger partial charge < -0.3 is 0 Å². The molecule has 0 unspecified atom stereocenters. The van der Waals surface area contributed by atoms with Gasteiger partial charge in [0.25, 0.3) is 0 Å². The average molecular weight is 260 g/mol. The SMILES string of the molecule is O=C(Cn1ccc(C(F)(F)F)n1)Nc1ncn[nH]1. The van der Waals surface area contributed by atoms with Gasteiger partial charge in [0, 0.05) is 6.20 Å². The maximum atomic E-state index is 12.2. The number of hydrogen-bond donors (Lipinski definition) is 2. The Morgan fingerprint density at radius 2 is 2.28 bits per heavy atom. The van der Waals surface area contributed by atoms with Gasteiger partial charge in [-0.05, 0) is 6.07 Å². The number of aromatic nitrogens is 5. The fourth-order valence-electron chi connectivity index (χ4n) is 1.19. The molecule has 2 aromatic heterocycles. The van der Waals surface area contributed by atoms with E-state index in [2.05, 4.69) is 25.6 Å². The highest BCUT2D eigenvalue weighted by Crippen LogP contribution is 2.27. The largest absolute Gasteiger partial charge is 0.435 e. The molecule has 0 saturated heterocycles. The third-order valence-corrected chi connectivity index (χ3v) is 1.91. The van der Waals surface area contributed by atoms with Crippen LogP contribution in [0.25, 0.3) is 0 Å². The normalized spacial score (nSPS) is 11.5. The smallest absolute Gasteiger partial charge is 0.293 e. The van der Waals surface area contributed by atoms with Gasteiger partial charge in [-0.15, -0.1) is 0 Å². The number of nitrogens with zero attached hydrogens (tertiary/aromatic N) is 4. The fraction of sp³-hybridized carbons (Fsp3) is 0.250. The average Bonchev–Trinajstić information content (AvgIpc) is 2.87. The van der Waals surface area contributed by atoms with E-state index in [1.54, 1.807) is 0 Å². The molecule has 0 spiro atoms. The molecule has 0 aliphatic rings. The van der Waals surface area contributed by atoms with Crippen LogP contribution in [-0.2, 0) is 17.5 Å². The number of hydrogen-bond acceptors (Lipinski definition) is 4. The van der Waals surface area contributed by atoms with Crippen molar-refractivity contribution in [2.24, 2.45) is 0 Å². The van der Waals surface area contributed by atoms with E-state index in [1.807, 2.05) is 0 Å². The zero-order chi connectivity index (χ0) is 13.2. The lowest BCUT2D eigenvalue weighted by atomic mass is 10.4. The van der Waals surface area contributed by atoms with Gasteiger partial charge in [-0.25, -0.2) is 5.10 Å². The minimum Gasteiger partial charge on any atom is -0.293 e. The van der Waals surface area contributed by atoms with Crippen molar-refractivity contribution in [3.05, 3.63) is 24.3 Å². The number of nitrogens with one attached hydrogen (secondary N) is 2. The Morgan fingerprint density at radius 1 is 1.50 bits per heavy atom. The lowest BCUT2D eigenvalue weighted by Gasteiger charge is -2.03. The quantitative estimate of drug-likeness (QED) is 0.848. The summed E-state index contributed by atoms with van der Waals surface area (Å²) in [7, 11) is 0. The molecule has 0 aromatic carbocycles. The van der Waals surface area contributed by atoms with Crippen molar-refractivity contribution in [3.63, 3.8) is 0 Å². The Kier molecular flexibility index (Phi) is 3.00. The monoisotopic (exact) mass is 260 g/mol. The van der Waals surface area contributed by atoms with Crippen LogP contribution in [0, 0.1) is 0 Å². The number of aromatic amines is 1. The van der Waals surface area contributed by atoms with Gasteiger partial charge in [0.2, 0.25) is 11.9 Å². The molecular formula is C8H7F3N6O. The highest BCUT2D eigenvalue weighted by atomic mass is 19.4. The zero-order valence-corrected chi connectivity index (χ0v) is 8.77. The fourth-order valence-corrected chi connectivity index (χ4v) is 1.19. The molecule has 2 aromatic rings. The summed E-state index contributed by atoms with van der Waals surface area (Å²) in [6, 6.07) is 0.793. The van der Waals surface area contributed by atoms with Crippen LogP contribution < -0.4 is 5.32 Å². The lowest BCUT2D eigenvalue weighted by molar-refractivity contribution is -0.141. The molecule has 10 heteroatoms. The number of amides is 1. The number of halogens is 3. The minimum absolute atomic E-state index is 0.114. The molecule has 0 fully saturated rings. The van der Waals surface area contributed by atoms with E-state index in [0.29, 0.717) is 0 Å². The molecule has 96 valence electrons. The second-order valence-corrected chi connectivity index (χ2v) is 3.28. The van der Waals surface area contributed by atoms with Crippen LogP contribution in [0.2, 0.25) is 0 Å². The molecule has 0 aliphatic carbocycles. The highest BCUT2D eigenvalue weighted by molar-refractivity contribution is 5.88. The van der Waals surface area contributed by atoms with E-state index in [0.717, 1.165) is 16.9 Å². The first-order valence-electron chi connectivity index (χ1n) is 4.71. The summed E-state index contributed by atoms with van der Waals surface area (Å²) in [6.07, 6.45) is -2.26. The molecule has 7 nitrogen and oxygen atoms in total. The second kappa shape index (κ2) is 4.47. The molecule has 2 N–H and O–H groups in total. The number of H-pyrrole nitrogens is 1. The number of alkyl halides is 3. The van der Waals surface area contributed by atoms with Gasteiger partial charge in [0.15, 0.2) is 5.69 Å². The van der Waals surface area contributed by atoms with Gasteiger partial charge in [0.05, 0.1) is 0 Å². The maximum Gasteiger partial charge on any atom is 0.435 e.